The van der Waals surface area contributed by atoms with Crippen molar-refractivity contribution in [3.63, 3.8) is 0 Å². The van der Waals surface area contributed by atoms with Gasteiger partial charge in [-0.2, -0.15) is 5.10 Å². The van der Waals surface area contributed by atoms with Crippen LogP contribution in [0.3, 0.4) is 0 Å². The van der Waals surface area contributed by atoms with Gasteiger partial charge in [-0.25, -0.2) is 14.6 Å². The van der Waals surface area contributed by atoms with E-state index in [1.165, 1.54) is 0 Å². The molecule has 0 spiro atoms. The SMILES string of the molecule is COc1ccc(CNC(=O)Cn2ncc3c(N4CCN(C)CC4)ncnc32)cc1. The number of anilines is 1. The maximum Gasteiger partial charge on any atom is 0.242 e. The Hall–Kier alpha value is -3.20. The number of ether oxygens (including phenoxy) is 1. The van der Waals surface area contributed by atoms with Crippen LogP contribution in [0, 0.1) is 0 Å². The van der Waals surface area contributed by atoms with E-state index in [2.05, 4.69) is 37.2 Å². The number of fused-ring (bicyclic) bond motifs is 1. The van der Waals surface area contributed by atoms with Gasteiger partial charge >= 0.3 is 0 Å². The molecular formula is C20H25N7O2. The summed E-state index contributed by atoms with van der Waals surface area (Å²) in [6.07, 6.45) is 3.29. The molecule has 3 heterocycles. The highest BCUT2D eigenvalue weighted by Crippen LogP contribution is 2.23. The topological polar surface area (TPSA) is 88.4 Å². The molecule has 1 N–H and O–H groups in total. The number of likely N-dealkylation sites (N-methyl/N-ethyl adjacent to an activating group) is 1. The number of benzene rings is 1. The molecule has 0 radical (unpaired) electrons. The Balaban J connectivity index is 1.42. The molecule has 9 heteroatoms. The van der Waals surface area contributed by atoms with Crippen molar-refractivity contribution in [2.75, 3.05) is 45.2 Å². The van der Waals surface area contributed by atoms with Gasteiger partial charge in [0, 0.05) is 32.7 Å². The maximum atomic E-state index is 12.4. The molecule has 0 bridgehead atoms. The molecule has 1 saturated heterocycles. The summed E-state index contributed by atoms with van der Waals surface area (Å²) in [5, 5.41) is 8.18. The van der Waals surface area contributed by atoms with Crippen LogP contribution < -0.4 is 15.0 Å². The number of carbonyl (C=O) groups excluding carboxylic acids is 1. The van der Waals surface area contributed by atoms with Crippen LogP contribution in [0.15, 0.2) is 36.8 Å². The molecule has 1 amide bonds. The van der Waals surface area contributed by atoms with Crippen LogP contribution in [-0.4, -0.2) is 70.9 Å². The summed E-state index contributed by atoms with van der Waals surface area (Å²) in [7, 11) is 3.75. The number of carbonyl (C=O) groups is 1. The molecule has 3 aromatic rings. The van der Waals surface area contributed by atoms with Gasteiger partial charge in [-0.05, 0) is 24.7 Å². The second-order valence-corrected chi connectivity index (χ2v) is 7.15. The number of hydrogen-bond donors (Lipinski definition) is 1. The first-order valence-electron chi connectivity index (χ1n) is 9.63. The number of aromatic nitrogens is 4. The normalized spacial score (nSPS) is 14.9. The van der Waals surface area contributed by atoms with Gasteiger partial charge in [0.05, 0.1) is 18.7 Å². The van der Waals surface area contributed by atoms with Crippen molar-refractivity contribution >= 4 is 22.8 Å². The van der Waals surface area contributed by atoms with Gasteiger partial charge in [-0.15, -0.1) is 0 Å². The van der Waals surface area contributed by atoms with Crippen molar-refractivity contribution in [3.05, 3.63) is 42.4 Å². The van der Waals surface area contributed by atoms with Gasteiger partial charge in [0.2, 0.25) is 5.91 Å². The average Bonchev–Trinajstić information content (AvgIpc) is 3.16. The van der Waals surface area contributed by atoms with Crippen molar-refractivity contribution in [2.24, 2.45) is 0 Å². The van der Waals surface area contributed by atoms with Crippen molar-refractivity contribution in [1.82, 2.24) is 30.0 Å². The van der Waals surface area contributed by atoms with E-state index in [9.17, 15) is 4.79 Å². The highest BCUT2D eigenvalue weighted by Gasteiger charge is 2.20. The molecule has 2 aromatic heterocycles. The summed E-state index contributed by atoms with van der Waals surface area (Å²) in [6, 6.07) is 7.61. The molecule has 0 unspecified atom stereocenters. The molecule has 1 aliphatic rings. The predicted octanol–water partition coefficient (Wildman–Crippen LogP) is 0.903. The standard InChI is InChI=1S/C20H25N7O2/c1-25-7-9-26(10-8-25)19-17-12-24-27(20(17)23-14-22-19)13-18(28)21-11-15-3-5-16(29-2)6-4-15/h3-6,12,14H,7-11,13H2,1-2H3,(H,21,28). The number of hydrogen-bond acceptors (Lipinski definition) is 7. The average molecular weight is 395 g/mol. The van der Waals surface area contributed by atoms with Gasteiger partial charge in [0.1, 0.15) is 24.4 Å². The van der Waals surface area contributed by atoms with E-state index in [1.54, 1.807) is 24.3 Å². The fraction of sp³-hybridized carbons (Fsp3) is 0.400. The van der Waals surface area contributed by atoms with Gasteiger partial charge in [0.15, 0.2) is 5.65 Å². The van der Waals surface area contributed by atoms with E-state index < -0.39 is 0 Å². The molecule has 29 heavy (non-hydrogen) atoms. The van der Waals surface area contributed by atoms with Gasteiger partial charge in [-0.1, -0.05) is 12.1 Å². The van der Waals surface area contributed by atoms with E-state index >= 15 is 0 Å². The van der Waals surface area contributed by atoms with Crippen LogP contribution in [-0.2, 0) is 17.9 Å². The third kappa shape index (κ3) is 4.29. The third-order valence-electron chi connectivity index (χ3n) is 5.16. The lowest BCUT2D eigenvalue weighted by molar-refractivity contribution is -0.121. The zero-order valence-electron chi connectivity index (χ0n) is 16.7. The summed E-state index contributed by atoms with van der Waals surface area (Å²) in [4.78, 5) is 25.8. The Morgan fingerprint density at radius 3 is 2.62 bits per heavy atom. The van der Waals surface area contributed by atoms with Crippen molar-refractivity contribution in [3.8, 4) is 5.75 Å². The van der Waals surface area contributed by atoms with Crippen LogP contribution in [0.25, 0.3) is 11.0 Å². The minimum atomic E-state index is -0.120. The summed E-state index contributed by atoms with van der Waals surface area (Å²) < 4.78 is 6.77. The molecule has 0 atom stereocenters. The minimum absolute atomic E-state index is 0.110. The number of piperazine rings is 1. The Bertz CT molecular complexity index is 978. The van der Waals surface area contributed by atoms with Gasteiger partial charge in [-0.3, -0.25) is 4.79 Å². The van der Waals surface area contributed by atoms with E-state index in [0.717, 1.165) is 48.7 Å². The fourth-order valence-corrected chi connectivity index (χ4v) is 3.40. The quantitative estimate of drug-likeness (QED) is 0.663. The van der Waals surface area contributed by atoms with E-state index in [0.29, 0.717) is 12.2 Å². The minimum Gasteiger partial charge on any atom is -0.497 e. The summed E-state index contributed by atoms with van der Waals surface area (Å²) in [6.45, 7) is 4.37. The molecule has 0 saturated carbocycles. The zero-order chi connectivity index (χ0) is 20.2. The van der Waals surface area contributed by atoms with Crippen molar-refractivity contribution < 1.29 is 9.53 Å². The fourth-order valence-electron chi connectivity index (χ4n) is 3.40. The Labute approximate surface area is 169 Å². The van der Waals surface area contributed by atoms with E-state index in [-0.39, 0.29) is 12.5 Å². The second-order valence-electron chi connectivity index (χ2n) is 7.15. The number of rotatable bonds is 6. The van der Waals surface area contributed by atoms with Crippen LogP contribution in [0.1, 0.15) is 5.56 Å². The van der Waals surface area contributed by atoms with Crippen LogP contribution in [0.4, 0.5) is 5.82 Å². The first-order valence-corrected chi connectivity index (χ1v) is 9.63. The maximum absolute atomic E-state index is 12.4. The Morgan fingerprint density at radius 2 is 1.90 bits per heavy atom. The summed E-state index contributed by atoms with van der Waals surface area (Å²) >= 11 is 0. The van der Waals surface area contributed by atoms with Crippen LogP contribution in [0.5, 0.6) is 5.75 Å². The molecular weight excluding hydrogens is 370 g/mol. The highest BCUT2D eigenvalue weighted by atomic mass is 16.5. The monoisotopic (exact) mass is 395 g/mol. The number of nitrogens with zero attached hydrogens (tertiary/aromatic N) is 6. The number of methoxy groups -OCH3 is 1. The smallest absolute Gasteiger partial charge is 0.242 e. The van der Waals surface area contributed by atoms with Gasteiger partial charge in [0.25, 0.3) is 0 Å². The number of nitrogens with one attached hydrogen (secondary N) is 1. The lowest BCUT2D eigenvalue weighted by Crippen LogP contribution is -2.44. The molecule has 152 valence electrons. The molecule has 1 aromatic carbocycles. The Kier molecular flexibility index (Phi) is 5.57. The largest absolute Gasteiger partial charge is 0.497 e. The lowest BCUT2D eigenvalue weighted by atomic mass is 10.2. The molecule has 1 fully saturated rings. The Morgan fingerprint density at radius 1 is 1.14 bits per heavy atom. The molecule has 4 rings (SSSR count). The first kappa shape index (κ1) is 19.1. The van der Waals surface area contributed by atoms with Crippen molar-refractivity contribution in [2.45, 2.75) is 13.1 Å². The highest BCUT2D eigenvalue weighted by molar-refractivity contribution is 5.88. The lowest BCUT2D eigenvalue weighted by Gasteiger charge is -2.33. The zero-order valence-corrected chi connectivity index (χ0v) is 16.7. The van der Waals surface area contributed by atoms with Crippen LogP contribution >= 0.6 is 0 Å². The van der Waals surface area contributed by atoms with E-state index in [4.69, 9.17) is 4.74 Å². The third-order valence-corrected chi connectivity index (χ3v) is 5.16. The summed E-state index contributed by atoms with van der Waals surface area (Å²) in [5.74, 6) is 1.55. The predicted molar refractivity (Wildman–Crippen MR) is 110 cm³/mol. The van der Waals surface area contributed by atoms with Crippen molar-refractivity contribution in [1.29, 1.82) is 0 Å². The first-order chi connectivity index (χ1) is 14.1. The molecule has 9 nitrogen and oxygen atoms in total. The van der Waals surface area contributed by atoms with Gasteiger partial charge < -0.3 is 19.9 Å². The van der Waals surface area contributed by atoms with Crippen LogP contribution in [0.2, 0.25) is 0 Å². The second kappa shape index (κ2) is 8.44. The molecule has 0 aliphatic carbocycles. The number of amides is 1. The van der Waals surface area contributed by atoms with E-state index in [1.807, 2.05) is 24.3 Å². The molecule has 1 aliphatic heterocycles. The summed E-state index contributed by atoms with van der Waals surface area (Å²) in [5.41, 5.74) is 1.68.